The van der Waals surface area contributed by atoms with Crippen LogP contribution in [-0.2, 0) is 0 Å². The van der Waals surface area contributed by atoms with Crippen LogP contribution >= 0.6 is 11.6 Å². The number of nitrogens with zero attached hydrogens (tertiary/aromatic N) is 4. The van der Waals surface area contributed by atoms with Crippen molar-refractivity contribution in [1.82, 2.24) is 0 Å². The van der Waals surface area contributed by atoms with Crippen LogP contribution in [0.4, 0.5) is 22.7 Å². The van der Waals surface area contributed by atoms with E-state index < -0.39 is 15.5 Å². The van der Waals surface area contributed by atoms with Crippen LogP contribution in [0.1, 0.15) is 45.2 Å². The Kier molecular flexibility index (Phi) is 6.50. The van der Waals surface area contributed by atoms with Crippen molar-refractivity contribution < 1.29 is 9.85 Å². The zero-order valence-corrected chi connectivity index (χ0v) is 19.0. The van der Waals surface area contributed by atoms with Gasteiger partial charge in [0.25, 0.3) is 5.69 Å². The molecule has 1 heterocycles. The third-order valence-electron chi connectivity index (χ3n) is 5.32. The normalized spacial score (nSPS) is 14.8. The minimum Gasteiger partial charge on any atom is -0.362 e. The van der Waals surface area contributed by atoms with E-state index in [2.05, 4.69) is 49.2 Å². The van der Waals surface area contributed by atoms with Crippen molar-refractivity contribution in [2.75, 3.05) is 16.9 Å². The van der Waals surface area contributed by atoms with Gasteiger partial charge in [0.05, 0.1) is 32.7 Å². The van der Waals surface area contributed by atoms with Gasteiger partial charge in [0.2, 0.25) is 0 Å². The van der Waals surface area contributed by atoms with Gasteiger partial charge in [-0.2, -0.15) is 5.10 Å². The number of halogens is 1. The summed E-state index contributed by atoms with van der Waals surface area (Å²) in [4.78, 5) is 23.1. The molecule has 1 N–H and O–H groups in total. The first-order valence-corrected chi connectivity index (χ1v) is 10.5. The molecule has 0 aliphatic carbocycles. The van der Waals surface area contributed by atoms with Crippen molar-refractivity contribution in [3.05, 3.63) is 72.8 Å². The lowest BCUT2D eigenvalue weighted by molar-refractivity contribution is -0.393. The van der Waals surface area contributed by atoms with Crippen LogP contribution in [0.15, 0.2) is 41.5 Å². The van der Waals surface area contributed by atoms with Crippen molar-refractivity contribution in [3.8, 4) is 0 Å². The summed E-state index contributed by atoms with van der Waals surface area (Å²) in [7, 11) is 0. The topological polar surface area (TPSA) is 114 Å². The molecule has 0 saturated heterocycles. The lowest BCUT2D eigenvalue weighted by Crippen LogP contribution is -2.45. The fourth-order valence-electron chi connectivity index (χ4n) is 3.90. The second-order valence-electron chi connectivity index (χ2n) is 8.11. The predicted molar refractivity (Wildman–Crippen MR) is 128 cm³/mol. The van der Waals surface area contributed by atoms with E-state index >= 15 is 0 Å². The minimum absolute atomic E-state index is 0.0397. The lowest BCUT2D eigenvalue weighted by Gasteiger charge is -2.43. The van der Waals surface area contributed by atoms with E-state index in [9.17, 15) is 20.2 Å². The summed E-state index contributed by atoms with van der Waals surface area (Å²) < 4.78 is 0. The zero-order chi connectivity index (χ0) is 23.6. The van der Waals surface area contributed by atoms with Gasteiger partial charge in [-0.3, -0.25) is 25.7 Å². The lowest BCUT2D eigenvalue weighted by atomic mass is 9.88. The van der Waals surface area contributed by atoms with E-state index in [0.29, 0.717) is 10.6 Å². The Hall–Kier alpha value is -3.46. The maximum atomic E-state index is 11.3. The monoisotopic (exact) mass is 457 g/mol. The highest BCUT2D eigenvalue weighted by Crippen LogP contribution is 2.41. The minimum atomic E-state index is -0.699. The van der Waals surface area contributed by atoms with Gasteiger partial charge in [-0.25, -0.2) is 0 Å². The van der Waals surface area contributed by atoms with Gasteiger partial charge in [0.15, 0.2) is 0 Å². The number of hydrazone groups is 1. The molecule has 0 unspecified atom stereocenters. The van der Waals surface area contributed by atoms with Crippen molar-refractivity contribution in [3.63, 3.8) is 0 Å². The fourth-order valence-corrected chi connectivity index (χ4v) is 4.10. The van der Waals surface area contributed by atoms with Crippen molar-refractivity contribution >= 4 is 46.1 Å². The Morgan fingerprint density at radius 1 is 1.19 bits per heavy atom. The van der Waals surface area contributed by atoms with Crippen molar-refractivity contribution in [1.29, 1.82) is 0 Å². The molecule has 0 aromatic heterocycles. The van der Waals surface area contributed by atoms with Gasteiger partial charge in [-0.15, -0.1) is 0 Å². The molecule has 0 fully saturated rings. The average Bonchev–Trinajstić information content (AvgIpc) is 2.71. The Morgan fingerprint density at radius 3 is 2.53 bits per heavy atom. The molecule has 0 spiro atoms. The number of allylic oxidation sites excluding steroid dienone is 1. The molecule has 2 aromatic rings. The molecule has 1 aliphatic rings. The van der Waals surface area contributed by atoms with Crippen molar-refractivity contribution in [2.45, 2.75) is 39.7 Å². The highest BCUT2D eigenvalue weighted by Gasteiger charge is 2.31. The first-order valence-electron chi connectivity index (χ1n) is 10.1. The van der Waals surface area contributed by atoms with Gasteiger partial charge in [0.1, 0.15) is 5.69 Å². The number of nitro benzene ring substituents is 2. The van der Waals surface area contributed by atoms with Crippen LogP contribution in [0.2, 0.25) is 5.02 Å². The van der Waals surface area contributed by atoms with Crippen LogP contribution in [0.5, 0.6) is 0 Å². The summed E-state index contributed by atoms with van der Waals surface area (Å²) in [5, 5.41) is 26.7. The molecule has 32 heavy (non-hydrogen) atoms. The van der Waals surface area contributed by atoms with E-state index in [1.807, 2.05) is 12.1 Å². The van der Waals surface area contributed by atoms with E-state index in [0.717, 1.165) is 35.9 Å². The highest BCUT2D eigenvalue weighted by atomic mass is 35.5. The molecule has 0 saturated carbocycles. The molecule has 1 aliphatic heterocycles. The maximum Gasteiger partial charge on any atom is 0.301 e. The number of nitrogens with one attached hydrogen (secondary N) is 1. The Bertz CT molecular complexity index is 1140. The highest BCUT2D eigenvalue weighted by molar-refractivity contribution is 6.33. The maximum absolute atomic E-state index is 11.3. The SMILES string of the molecule is CCCN1c2cc(Cl)c(/C=N\Nc3ccc([N+](=O)[O-])cc3[N+](=O)[O-])cc2C(C)=CC1(C)C. The van der Waals surface area contributed by atoms with E-state index in [-0.39, 0.29) is 16.9 Å². The number of non-ortho nitro benzene ring substituents is 1. The molecule has 10 heteroatoms. The standard InChI is InChI=1S/C22H24ClN5O4/c1-5-8-26-20-11-18(23)15(9-17(20)14(2)12-22(26,3)4)13-24-25-19-7-6-16(27(29)30)10-21(19)28(31)32/h6-7,9-13,25H,5,8H2,1-4H3/b24-13-. The molecular weight excluding hydrogens is 434 g/mol. The second kappa shape index (κ2) is 8.96. The molecule has 3 rings (SSSR count). The van der Waals surface area contributed by atoms with Crippen LogP contribution < -0.4 is 10.3 Å². The Labute approximate surface area is 190 Å². The molecule has 0 bridgehead atoms. The molecule has 0 amide bonds. The van der Waals surface area contributed by atoms with E-state index in [1.165, 1.54) is 18.3 Å². The smallest absolute Gasteiger partial charge is 0.301 e. The number of nitro groups is 2. The third-order valence-corrected chi connectivity index (χ3v) is 5.65. The number of hydrogen-bond donors (Lipinski definition) is 1. The molecule has 9 nitrogen and oxygen atoms in total. The number of hydrogen-bond acceptors (Lipinski definition) is 7. The number of rotatable bonds is 7. The van der Waals surface area contributed by atoms with E-state index in [1.54, 1.807) is 0 Å². The summed E-state index contributed by atoms with van der Waals surface area (Å²) in [6.07, 6.45) is 4.69. The summed E-state index contributed by atoms with van der Waals surface area (Å²) in [6, 6.07) is 7.17. The fraction of sp³-hybridized carbons (Fsp3) is 0.318. The second-order valence-corrected chi connectivity index (χ2v) is 8.52. The molecule has 2 aromatic carbocycles. The van der Waals surface area contributed by atoms with Crippen LogP contribution in [-0.4, -0.2) is 28.1 Å². The molecule has 0 radical (unpaired) electrons. The predicted octanol–water partition coefficient (Wildman–Crippen LogP) is 6.01. The van der Waals surface area contributed by atoms with Gasteiger partial charge in [-0.05, 0) is 51.0 Å². The Balaban J connectivity index is 1.92. The molecular formula is C22H24ClN5O4. The quantitative estimate of drug-likeness (QED) is 0.309. The van der Waals surface area contributed by atoms with Gasteiger partial charge < -0.3 is 4.90 Å². The first kappa shape index (κ1) is 23.2. The number of benzene rings is 2. The summed E-state index contributed by atoms with van der Waals surface area (Å²) in [5.74, 6) is 0. The van der Waals surface area contributed by atoms with Gasteiger partial charge in [-0.1, -0.05) is 24.6 Å². The van der Waals surface area contributed by atoms with Crippen LogP contribution in [0, 0.1) is 20.2 Å². The largest absolute Gasteiger partial charge is 0.362 e. The van der Waals surface area contributed by atoms with Gasteiger partial charge >= 0.3 is 5.69 Å². The summed E-state index contributed by atoms with van der Waals surface area (Å²) >= 11 is 6.54. The number of fused-ring (bicyclic) bond motifs is 1. The molecule has 168 valence electrons. The zero-order valence-electron chi connectivity index (χ0n) is 18.3. The summed E-state index contributed by atoms with van der Waals surface area (Å²) in [6.45, 7) is 9.40. The van der Waals surface area contributed by atoms with Crippen LogP contribution in [0.25, 0.3) is 5.57 Å². The van der Waals surface area contributed by atoms with Gasteiger partial charge in [0, 0.05) is 29.4 Å². The average molecular weight is 458 g/mol. The molecule has 0 atom stereocenters. The number of anilines is 2. The van der Waals surface area contributed by atoms with Crippen LogP contribution in [0.3, 0.4) is 0 Å². The van der Waals surface area contributed by atoms with Crippen molar-refractivity contribution in [2.24, 2.45) is 5.10 Å². The summed E-state index contributed by atoms with van der Waals surface area (Å²) in [5.41, 5.74) is 5.56. The van der Waals surface area contributed by atoms with E-state index in [4.69, 9.17) is 11.6 Å². The third kappa shape index (κ3) is 4.57. The first-order chi connectivity index (χ1) is 15.0. The Morgan fingerprint density at radius 2 is 1.91 bits per heavy atom.